The van der Waals surface area contributed by atoms with Gasteiger partial charge in [-0.25, -0.2) is 8.78 Å². The van der Waals surface area contributed by atoms with Crippen LogP contribution in [-0.2, 0) is 11.8 Å². The second kappa shape index (κ2) is 6.35. The molecule has 0 aliphatic heterocycles. The van der Waals surface area contributed by atoms with Crippen LogP contribution >= 0.6 is 6.04 Å². The highest BCUT2D eigenvalue weighted by Gasteiger charge is 2.27. The molecule has 0 spiro atoms. The Morgan fingerprint density at radius 3 is 1.83 bits per heavy atom. The molecule has 0 bridgehead atoms. The maximum absolute atomic E-state index is 14.5. The van der Waals surface area contributed by atoms with E-state index in [-0.39, 0.29) is 11.6 Å². The standard InChI is InChI=1S/C19H15F2PS/c1-14-6-10-16(11-7-14)22(23,17-12-8-15(20)9-13-17)19-5-3-2-4-18(19)21/h2-13H,1H3. The Morgan fingerprint density at radius 1 is 0.739 bits per heavy atom. The van der Waals surface area contributed by atoms with Crippen molar-refractivity contribution in [2.75, 3.05) is 0 Å². The van der Waals surface area contributed by atoms with E-state index < -0.39 is 6.04 Å². The lowest BCUT2D eigenvalue weighted by atomic mass is 10.2. The van der Waals surface area contributed by atoms with E-state index in [1.807, 2.05) is 31.2 Å². The molecule has 0 aliphatic carbocycles. The van der Waals surface area contributed by atoms with E-state index in [0.717, 1.165) is 16.2 Å². The molecule has 0 aliphatic rings. The minimum atomic E-state index is -2.56. The molecule has 3 rings (SSSR count). The minimum Gasteiger partial charge on any atom is -0.207 e. The van der Waals surface area contributed by atoms with Gasteiger partial charge in [-0.2, -0.15) is 0 Å². The van der Waals surface area contributed by atoms with Crippen molar-refractivity contribution in [1.29, 1.82) is 0 Å². The van der Waals surface area contributed by atoms with Crippen LogP contribution in [0, 0.1) is 18.6 Å². The van der Waals surface area contributed by atoms with Crippen LogP contribution in [0.4, 0.5) is 8.78 Å². The highest BCUT2D eigenvalue weighted by Crippen LogP contribution is 2.43. The number of halogens is 2. The fourth-order valence-corrected chi connectivity index (χ4v) is 6.38. The van der Waals surface area contributed by atoms with Crippen molar-refractivity contribution >= 4 is 33.8 Å². The largest absolute Gasteiger partial charge is 0.207 e. The van der Waals surface area contributed by atoms with Crippen LogP contribution in [0.1, 0.15) is 5.56 Å². The normalized spacial score (nSPS) is 13.5. The van der Waals surface area contributed by atoms with E-state index in [4.69, 9.17) is 11.8 Å². The summed E-state index contributed by atoms with van der Waals surface area (Å²) in [6.07, 6.45) is 0. The predicted octanol–water partition coefficient (Wildman–Crippen LogP) is 4.03. The summed E-state index contributed by atoms with van der Waals surface area (Å²) in [7, 11) is 0. The first kappa shape index (κ1) is 16.0. The Balaban J connectivity index is 2.29. The third-order valence-electron chi connectivity index (χ3n) is 3.78. The van der Waals surface area contributed by atoms with Crippen molar-refractivity contribution in [2.45, 2.75) is 6.92 Å². The molecule has 0 nitrogen and oxygen atoms in total. The summed E-state index contributed by atoms with van der Waals surface area (Å²) in [5.41, 5.74) is 1.11. The Kier molecular flexibility index (Phi) is 4.43. The minimum absolute atomic E-state index is 0.319. The number of hydrogen-bond acceptors (Lipinski definition) is 1. The zero-order chi connectivity index (χ0) is 16.4. The van der Waals surface area contributed by atoms with E-state index >= 15 is 0 Å². The third kappa shape index (κ3) is 2.99. The number of benzene rings is 3. The Bertz CT molecular complexity index is 821. The summed E-state index contributed by atoms with van der Waals surface area (Å²) < 4.78 is 27.8. The average Bonchev–Trinajstić information content (AvgIpc) is 2.56. The Hall–Kier alpha value is -1.83. The topological polar surface area (TPSA) is 0 Å². The molecule has 0 N–H and O–H groups in total. The first-order valence-electron chi connectivity index (χ1n) is 7.20. The van der Waals surface area contributed by atoms with Gasteiger partial charge in [0.25, 0.3) is 0 Å². The van der Waals surface area contributed by atoms with Crippen LogP contribution in [0.3, 0.4) is 0 Å². The molecule has 1 unspecified atom stereocenters. The molecule has 0 saturated carbocycles. The second-order valence-electron chi connectivity index (χ2n) is 5.37. The van der Waals surface area contributed by atoms with Gasteiger partial charge in [0.15, 0.2) is 0 Å². The fraction of sp³-hybridized carbons (Fsp3) is 0.0526. The maximum atomic E-state index is 14.5. The quantitative estimate of drug-likeness (QED) is 0.647. The molecule has 23 heavy (non-hydrogen) atoms. The van der Waals surface area contributed by atoms with Crippen molar-refractivity contribution < 1.29 is 8.78 Å². The molecule has 0 amide bonds. The van der Waals surface area contributed by atoms with Crippen molar-refractivity contribution in [2.24, 2.45) is 0 Å². The maximum Gasteiger partial charge on any atom is 0.132 e. The van der Waals surface area contributed by atoms with Crippen LogP contribution in [0.2, 0.25) is 0 Å². The van der Waals surface area contributed by atoms with Gasteiger partial charge >= 0.3 is 0 Å². The monoisotopic (exact) mass is 344 g/mol. The summed E-state index contributed by atoms with van der Waals surface area (Å²) in [5, 5.41) is 2.18. The number of hydrogen-bond donors (Lipinski definition) is 0. The van der Waals surface area contributed by atoms with E-state index in [9.17, 15) is 8.78 Å². The molecule has 0 saturated heterocycles. The summed E-state index contributed by atoms with van der Waals surface area (Å²) in [6.45, 7) is 1.99. The summed E-state index contributed by atoms with van der Waals surface area (Å²) in [6, 6.07) is 18.0. The molecule has 0 fully saturated rings. The highest BCUT2D eigenvalue weighted by molar-refractivity contribution is 8.25. The first-order chi connectivity index (χ1) is 11.0. The van der Waals surface area contributed by atoms with Crippen LogP contribution in [0.15, 0.2) is 72.8 Å². The Labute approximate surface area is 139 Å². The van der Waals surface area contributed by atoms with Crippen LogP contribution in [0.5, 0.6) is 0 Å². The van der Waals surface area contributed by atoms with Gasteiger partial charge in [0.1, 0.15) is 11.6 Å². The predicted molar refractivity (Wildman–Crippen MR) is 97.2 cm³/mol. The molecule has 0 radical (unpaired) electrons. The van der Waals surface area contributed by atoms with Crippen molar-refractivity contribution in [3.05, 3.63) is 90.0 Å². The lowest BCUT2D eigenvalue weighted by Gasteiger charge is -2.24. The van der Waals surface area contributed by atoms with Crippen molar-refractivity contribution in [1.82, 2.24) is 0 Å². The molecular weight excluding hydrogens is 329 g/mol. The highest BCUT2D eigenvalue weighted by atomic mass is 32.4. The smallest absolute Gasteiger partial charge is 0.132 e. The summed E-state index contributed by atoms with van der Waals surface area (Å²) in [4.78, 5) is 0. The lowest BCUT2D eigenvalue weighted by Crippen LogP contribution is -2.26. The second-order valence-corrected chi connectivity index (χ2v) is 9.75. The number of rotatable bonds is 3. The van der Waals surface area contributed by atoms with E-state index in [1.165, 1.54) is 18.2 Å². The van der Waals surface area contributed by atoms with Crippen LogP contribution < -0.4 is 15.9 Å². The first-order valence-corrected chi connectivity index (χ1v) is 10.0. The van der Waals surface area contributed by atoms with Gasteiger partial charge in [-0.05, 0) is 35.7 Å². The van der Waals surface area contributed by atoms with Gasteiger partial charge < -0.3 is 0 Å². The van der Waals surface area contributed by atoms with E-state index in [2.05, 4.69) is 0 Å². The van der Waals surface area contributed by atoms with Crippen molar-refractivity contribution in [3.8, 4) is 0 Å². The Morgan fingerprint density at radius 2 is 1.26 bits per heavy atom. The van der Waals surface area contributed by atoms with Gasteiger partial charge in [0, 0.05) is 11.3 Å². The van der Waals surface area contributed by atoms with Gasteiger partial charge in [-0.1, -0.05) is 72.0 Å². The molecule has 3 aromatic rings. The molecule has 116 valence electrons. The molecule has 0 heterocycles. The average molecular weight is 344 g/mol. The fourth-order valence-electron chi connectivity index (χ4n) is 2.54. The van der Waals surface area contributed by atoms with Gasteiger partial charge in [0.05, 0.1) is 0 Å². The SMILES string of the molecule is Cc1ccc(P(=S)(c2ccc(F)cc2)c2ccccc2F)cc1. The lowest BCUT2D eigenvalue weighted by molar-refractivity contribution is 0.628. The van der Waals surface area contributed by atoms with E-state index in [1.54, 1.807) is 30.3 Å². The molecular formula is C19H15F2PS. The van der Waals surface area contributed by atoms with Gasteiger partial charge in [-0.3, -0.25) is 0 Å². The molecule has 0 aromatic heterocycles. The molecule has 4 heteroatoms. The van der Waals surface area contributed by atoms with Gasteiger partial charge in [-0.15, -0.1) is 0 Å². The van der Waals surface area contributed by atoms with E-state index in [0.29, 0.717) is 5.30 Å². The zero-order valence-corrected chi connectivity index (χ0v) is 14.3. The van der Waals surface area contributed by atoms with Crippen LogP contribution in [0.25, 0.3) is 0 Å². The van der Waals surface area contributed by atoms with Crippen LogP contribution in [-0.4, -0.2) is 0 Å². The summed E-state index contributed by atoms with van der Waals surface area (Å²) in [5.74, 6) is -0.645. The summed E-state index contributed by atoms with van der Waals surface area (Å²) >= 11 is 6.02. The zero-order valence-electron chi connectivity index (χ0n) is 12.5. The van der Waals surface area contributed by atoms with Gasteiger partial charge in [0.2, 0.25) is 0 Å². The molecule has 1 atom stereocenters. The third-order valence-corrected chi connectivity index (χ3v) is 8.73. The number of aryl methyl sites for hydroxylation is 1. The molecule has 3 aromatic carbocycles. The van der Waals surface area contributed by atoms with Crippen molar-refractivity contribution in [3.63, 3.8) is 0 Å².